The van der Waals surface area contributed by atoms with Crippen molar-refractivity contribution < 1.29 is 14.3 Å². The highest BCUT2D eigenvalue weighted by Crippen LogP contribution is 2.37. The lowest BCUT2D eigenvalue weighted by atomic mass is 10.1. The number of fused-ring (bicyclic) bond motifs is 1. The van der Waals surface area contributed by atoms with Crippen LogP contribution in [0, 0.1) is 0 Å². The smallest absolute Gasteiger partial charge is 0.247 e. The second kappa shape index (κ2) is 9.85. The predicted octanol–water partition coefficient (Wildman–Crippen LogP) is 5.01. The zero-order valence-electron chi connectivity index (χ0n) is 20.8. The van der Waals surface area contributed by atoms with Crippen LogP contribution in [0.3, 0.4) is 0 Å². The summed E-state index contributed by atoms with van der Waals surface area (Å²) in [6.45, 7) is 4.64. The molecule has 0 radical (unpaired) electrons. The molecule has 0 N–H and O–H groups in total. The van der Waals surface area contributed by atoms with E-state index in [1.54, 1.807) is 12.0 Å². The van der Waals surface area contributed by atoms with Gasteiger partial charge in [-0.3, -0.25) is 9.59 Å². The molecule has 0 aliphatic carbocycles. The van der Waals surface area contributed by atoms with E-state index in [9.17, 15) is 9.59 Å². The third-order valence-electron chi connectivity index (χ3n) is 6.66. The lowest BCUT2D eigenvalue weighted by molar-refractivity contribution is -0.119. The molecular formula is C29H30N4O3. The van der Waals surface area contributed by atoms with Crippen molar-refractivity contribution in [3.05, 3.63) is 84.7 Å². The van der Waals surface area contributed by atoms with Crippen molar-refractivity contribution in [1.82, 2.24) is 9.55 Å². The lowest BCUT2D eigenvalue weighted by Crippen LogP contribution is -2.39. The predicted molar refractivity (Wildman–Crippen MR) is 142 cm³/mol. The van der Waals surface area contributed by atoms with E-state index in [2.05, 4.69) is 0 Å². The van der Waals surface area contributed by atoms with Crippen LogP contribution in [0.4, 0.5) is 11.4 Å². The highest BCUT2D eigenvalue weighted by atomic mass is 16.5. The molecule has 4 aromatic rings. The van der Waals surface area contributed by atoms with Gasteiger partial charge in [-0.1, -0.05) is 42.5 Å². The summed E-state index contributed by atoms with van der Waals surface area (Å²) < 4.78 is 7.48. The highest BCUT2D eigenvalue weighted by molar-refractivity contribution is 5.98. The number of methoxy groups -OCH3 is 1. The van der Waals surface area contributed by atoms with E-state index < -0.39 is 0 Å². The van der Waals surface area contributed by atoms with Crippen molar-refractivity contribution in [1.29, 1.82) is 0 Å². The number of amides is 2. The Morgan fingerprint density at radius 3 is 2.47 bits per heavy atom. The van der Waals surface area contributed by atoms with Crippen molar-refractivity contribution in [3.63, 3.8) is 0 Å². The van der Waals surface area contributed by atoms with Crippen molar-refractivity contribution in [2.24, 2.45) is 0 Å². The molecule has 184 valence electrons. The summed E-state index contributed by atoms with van der Waals surface area (Å²) in [5.41, 5.74) is 3.32. The third-order valence-corrected chi connectivity index (χ3v) is 6.66. The van der Waals surface area contributed by atoms with Gasteiger partial charge < -0.3 is 19.1 Å². The van der Waals surface area contributed by atoms with E-state index in [1.165, 1.54) is 0 Å². The highest BCUT2D eigenvalue weighted by Gasteiger charge is 2.36. The fraction of sp³-hybridized carbons (Fsp3) is 0.276. The van der Waals surface area contributed by atoms with E-state index in [1.807, 2.05) is 102 Å². The molecule has 7 heteroatoms. The summed E-state index contributed by atoms with van der Waals surface area (Å²) >= 11 is 0. The van der Waals surface area contributed by atoms with Crippen LogP contribution in [-0.4, -0.2) is 41.1 Å². The third kappa shape index (κ3) is 4.33. The van der Waals surface area contributed by atoms with Gasteiger partial charge in [-0.2, -0.15) is 0 Å². The van der Waals surface area contributed by atoms with Crippen LogP contribution in [0.2, 0.25) is 0 Å². The number of anilines is 2. The molecule has 0 saturated carbocycles. The van der Waals surface area contributed by atoms with Crippen molar-refractivity contribution in [3.8, 4) is 5.75 Å². The Labute approximate surface area is 210 Å². The second-order valence-electron chi connectivity index (χ2n) is 9.32. The zero-order valence-corrected chi connectivity index (χ0v) is 20.8. The van der Waals surface area contributed by atoms with Crippen molar-refractivity contribution >= 4 is 34.2 Å². The summed E-state index contributed by atoms with van der Waals surface area (Å²) in [5.74, 6) is 1.26. The van der Waals surface area contributed by atoms with E-state index in [4.69, 9.17) is 9.72 Å². The molecule has 5 rings (SSSR count). The number of aromatic nitrogens is 2. The van der Waals surface area contributed by atoms with Crippen molar-refractivity contribution in [2.45, 2.75) is 38.8 Å². The van der Waals surface area contributed by atoms with Crippen molar-refractivity contribution in [2.75, 3.05) is 23.5 Å². The molecule has 3 aromatic carbocycles. The molecule has 7 nitrogen and oxygen atoms in total. The van der Waals surface area contributed by atoms with Crippen LogP contribution in [-0.2, 0) is 16.1 Å². The zero-order chi connectivity index (χ0) is 25.2. The molecule has 1 fully saturated rings. The first-order valence-electron chi connectivity index (χ1n) is 12.2. The van der Waals surface area contributed by atoms with Gasteiger partial charge in [0.25, 0.3) is 0 Å². The Morgan fingerprint density at radius 1 is 1.03 bits per heavy atom. The summed E-state index contributed by atoms with van der Waals surface area (Å²) in [4.78, 5) is 35.3. The van der Waals surface area contributed by atoms with Crippen LogP contribution >= 0.6 is 0 Å². The number of nitrogens with zero attached hydrogens (tertiary/aromatic N) is 4. The Hall–Kier alpha value is -4.13. The van der Waals surface area contributed by atoms with Gasteiger partial charge in [0, 0.05) is 30.6 Å². The number of para-hydroxylation sites is 5. The molecule has 36 heavy (non-hydrogen) atoms. The number of carbonyl (C=O) groups excluding carboxylic acids is 2. The fourth-order valence-corrected chi connectivity index (χ4v) is 5.07. The first kappa shape index (κ1) is 23.6. The molecule has 0 spiro atoms. The number of carbonyl (C=O) groups is 2. The quantitative estimate of drug-likeness (QED) is 0.372. The average Bonchev–Trinajstić information content (AvgIpc) is 3.45. The molecule has 2 heterocycles. The van der Waals surface area contributed by atoms with E-state index in [0.717, 1.165) is 28.2 Å². The van der Waals surface area contributed by atoms with Crippen LogP contribution in [0.5, 0.6) is 5.75 Å². The second-order valence-corrected chi connectivity index (χ2v) is 9.32. The van der Waals surface area contributed by atoms with Crippen LogP contribution in [0.15, 0.2) is 78.9 Å². The van der Waals surface area contributed by atoms with Crippen LogP contribution in [0.1, 0.15) is 32.0 Å². The van der Waals surface area contributed by atoms with E-state index >= 15 is 0 Å². The largest absolute Gasteiger partial charge is 0.495 e. The molecule has 0 unspecified atom stereocenters. The Morgan fingerprint density at radius 2 is 1.72 bits per heavy atom. The monoisotopic (exact) mass is 482 g/mol. The molecule has 1 aliphatic heterocycles. The maximum Gasteiger partial charge on any atom is 0.247 e. The number of benzene rings is 3. The topological polar surface area (TPSA) is 67.7 Å². The summed E-state index contributed by atoms with van der Waals surface area (Å²) in [6, 6.07) is 25.1. The summed E-state index contributed by atoms with van der Waals surface area (Å²) in [5, 5.41) is 0. The summed E-state index contributed by atoms with van der Waals surface area (Å²) in [6.07, 6.45) is 0.322. The minimum absolute atomic E-state index is 0.00719. The molecule has 1 aliphatic rings. The lowest BCUT2D eigenvalue weighted by Gasteiger charge is -2.28. The maximum atomic E-state index is 13.7. The Kier molecular flexibility index (Phi) is 6.46. The summed E-state index contributed by atoms with van der Waals surface area (Å²) in [7, 11) is 1.61. The van der Waals surface area contributed by atoms with Gasteiger partial charge >= 0.3 is 0 Å². The van der Waals surface area contributed by atoms with Gasteiger partial charge in [0.1, 0.15) is 18.1 Å². The van der Waals surface area contributed by atoms with Gasteiger partial charge in [0.15, 0.2) is 0 Å². The average molecular weight is 483 g/mol. The SMILES string of the molecule is COc1ccccc1N1C[C@H](c2nc3ccccc3n2CC(=O)N(c2ccccc2)C(C)C)CC1=O. The molecule has 0 bridgehead atoms. The normalized spacial score (nSPS) is 15.6. The van der Waals surface area contributed by atoms with E-state index in [0.29, 0.717) is 18.7 Å². The molecular weight excluding hydrogens is 452 g/mol. The van der Waals surface area contributed by atoms with Crippen LogP contribution in [0.25, 0.3) is 11.0 Å². The first-order chi connectivity index (χ1) is 17.5. The van der Waals surface area contributed by atoms with Gasteiger partial charge in [-0.15, -0.1) is 0 Å². The molecule has 2 amide bonds. The van der Waals surface area contributed by atoms with Gasteiger partial charge in [0.2, 0.25) is 11.8 Å². The van der Waals surface area contributed by atoms with E-state index in [-0.39, 0.29) is 30.3 Å². The number of ether oxygens (including phenoxy) is 1. The number of hydrogen-bond donors (Lipinski definition) is 0. The standard InChI is InChI=1S/C29H30N4O3/c1-20(2)33(22-11-5-4-6-12-22)28(35)19-32-24-14-8-7-13-23(24)30-29(32)21-17-27(34)31(18-21)25-15-9-10-16-26(25)36-3/h4-16,20-21H,17-19H2,1-3H3/t21-/m1/s1. The minimum atomic E-state index is -0.146. The number of hydrogen-bond acceptors (Lipinski definition) is 4. The number of rotatable bonds is 7. The fourth-order valence-electron chi connectivity index (χ4n) is 5.07. The minimum Gasteiger partial charge on any atom is -0.495 e. The van der Waals surface area contributed by atoms with Gasteiger partial charge in [-0.25, -0.2) is 4.98 Å². The first-order valence-corrected chi connectivity index (χ1v) is 12.2. The number of imidazole rings is 1. The molecule has 1 saturated heterocycles. The molecule has 1 aromatic heterocycles. The maximum absolute atomic E-state index is 13.7. The van der Waals surface area contributed by atoms with Crippen LogP contribution < -0.4 is 14.5 Å². The Balaban J connectivity index is 1.50. The van der Waals surface area contributed by atoms with Gasteiger partial charge in [0.05, 0.1) is 23.8 Å². The van der Waals surface area contributed by atoms with Gasteiger partial charge in [-0.05, 0) is 50.2 Å². The Bertz CT molecular complexity index is 1400. The molecule has 1 atom stereocenters.